The van der Waals surface area contributed by atoms with Gasteiger partial charge in [-0.15, -0.1) is 0 Å². The van der Waals surface area contributed by atoms with Gasteiger partial charge in [0.1, 0.15) is 0 Å². The van der Waals surface area contributed by atoms with Crippen LogP contribution in [0.4, 0.5) is 0 Å². The third-order valence-corrected chi connectivity index (χ3v) is 0. The maximum Gasteiger partial charge on any atom is 0.502 e. The van der Waals surface area contributed by atoms with E-state index in [0.29, 0.717) is 0 Å². The van der Waals surface area contributed by atoms with Gasteiger partial charge in [0, 0.05) is 27.8 Å². The molecule has 0 aliphatic carbocycles. The average molecular weight is 187 g/mol. The molecule has 1 atom stereocenters. The summed E-state index contributed by atoms with van der Waals surface area (Å²) in [5, 5.41) is 8.06. The first-order chi connectivity index (χ1) is 3.46. The first kappa shape index (κ1) is 16.4. The molecule has 5 heteroatoms. The standard InChI is InChI=1S/C3H8O.CH3O2P.Ti/c1-3(2)4;1-4(2)3;/h3-4H,1-2H3;1H3;/p+1. The molecule has 0 rings (SSSR count). The van der Waals surface area contributed by atoms with Gasteiger partial charge in [0.2, 0.25) is 0 Å². The fraction of sp³-hybridized carbons (Fsp3) is 1.00. The van der Waals surface area contributed by atoms with Gasteiger partial charge >= 0.3 is 8.03 Å². The zero-order valence-corrected chi connectivity index (χ0v) is 8.28. The molecule has 0 spiro atoms. The third-order valence-electron chi connectivity index (χ3n) is 0. The molecular weight excluding hydrogens is 175 g/mol. The van der Waals surface area contributed by atoms with Crippen LogP contribution in [-0.2, 0) is 26.3 Å². The first-order valence-corrected chi connectivity index (χ1v) is 3.90. The molecule has 0 fully saturated rings. The molecule has 3 nitrogen and oxygen atoms in total. The molecule has 0 aliphatic rings. The summed E-state index contributed by atoms with van der Waals surface area (Å²) in [7, 11) is -1.87. The maximum absolute atomic E-state index is 9.15. The van der Waals surface area contributed by atoms with Crippen LogP contribution in [0.25, 0.3) is 0 Å². The minimum absolute atomic E-state index is 0. The van der Waals surface area contributed by atoms with E-state index in [0.717, 1.165) is 0 Å². The van der Waals surface area contributed by atoms with Gasteiger partial charge in [0.25, 0.3) is 0 Å². The van der Waals surface area contributed by atoms with E-state index in [1.807, 2.05) is 0 Å². The smallest absolute Gasteiger partial charge is 0.394 e. The molecule has 0 saturated heterocycles. The maximum atomic E-state index is 9.15. The average Bonchev–Trinajstić information content (AvgIpc) is 1.25. The van der Waals surface area contributed by atoms with Crippen molar-refractivity contribution in [2.45, 2.75) is 20.0 Å². The first-order valence-electron chi connectivity index (χ1n) is 2.24. The Balaban J connectivity index is -0.0000000720. The van der Waals surface area contributed by atoms with Crippen molar-refractivity contribution >= 4 is 8.03 Å². The molecule has 0 aromatic rings. The molecule has 54 valence electrons. The summed E-state index contributed by atoms with van der Waals surface area (Å²) >= 11 is 0. The molecular formula is C4H12O3PTi+. The van der Waals surface area contributed by atoms with Crippen LogP contribution in [0, 0.1) is 0 Å². The Kier molecular flexibility index (Phi) is 21.0. The van der Waals surface area contributed by atoms with Crippen molar-refractivity contribution in [3.8, 4) is 0 Å². The number of hydrogen-bond acceptors (Lipinski definition) is 2. The van der Waals surface area contributed by atoms with Crippen LogP contribution in [0.5, 0.6) is 0 Å². The summed E-state index contributed by atoms with van der Waals surface area (Å²) in [6, 6.07) is 0. The summed E-state index contributed by atoms with van der Waals surface area (Å²) in [6.45, 7) is 4.68. The van der Waals surface area contributed by atoms with Crippen LogP contribution < -0.4 is 0 Å². The fourth-order valence-electron chi connectivity index (χ4n) is 0. The molecule has 9 heavy (non-hydrogen) atoms. The monoisotopic (exact) mass is 187 g/mol. The SMILES string of the molecule is CC(C)O.C[P+](=O)O.[Ti]. The molecule has 0 bridgehead atoms. The van der Waals surface area contributed by atoms with Crippen molar-refractivity contribution in [3.63, 3.8) is 0 Å². The Labute approximate surface area is 71.2 Å². The zero-order chi connectivity index (χ0) is 7.15. The van der Waals surface area contributed by atoms with Gasteiger partial charge in [-0.25, -0.2) is 0 Å². The van der Waals surface area contributed by atoms with Crippen molar-refractivity contribution in [3.05, 3.63) is 0 Å². The fourth-order valence-corrected chi connectivity index (χ4v) is 0. The quantitative estimate of drug-likeness (QED) is 0.434. The molecule has 0 aromatic heterocycles. The Hall–Kier alpha value is 0.734. The molecule has 1 unspecified atom stereocenters. The van der Waals surface area contributed by atoms with Gasteiger partial charge in [-0.3, -0.25) is 0 Å². The van der Waals surface area contributed by atoms with Crippen LogP contribution in [0.1, 0.15) is 13.8 Å². The van der Waals surface area contributed by atoms with Crippen molar-refractivity contribution < 1.29 is 36.3 Å². The van der Waals surface area contributed by atoms with E-state index in [4.69, 9.17) is 14.6 Å². The summed E-state index contributed by atoms with van der Waals surface area (Å²) in [4.78, 5) is 7.56. The van der Waals surface area contributed by atoms with E-state index in [-0.39, 0.29) is 27.8 Å². The minimum atomic E-state index is -1.87. The largest absolute Gasteiger partial charge is 0.502 e. The van der Waals surface area contributed by atoms with Crippen molar-refractivity contribution in [2.75, 3.05) is 6.66 Å². The summed E-state index contributed by atoms with van der Waals surface area (Å²) in [6.07, 6.45) is -0.167. The van der Waals surface area contributed by atoms with Crippen LogP contribution >= 0.6 is 8.03 Å². The summed E-state index contributed by atoms with van der Waals surface area (Å²) in [5.74, 6) is 0. The Bertz CT molecular complexity index is 60.1. The second-order valence-corrected chi connectivity index (χ2v) is 2.49. The number of hydrogen-bond donors (Lipinski definition) is 2. The molecule has 2 N–H and O–H groups in total. The van der Waals surface area contributed by atoms with Gasteiger partial charge in [0.15, 0.2) is 6.66 Å². The van der Waals surface area contributed by atoms with Crippen molar-refractivity contribution in [1.29, 1.82) is 0 Å². The molecule has 0 aliphatic heterocycles. The number of aliphatic hydroxyl groups is 1. The predicted octanol–water partition coefficient (Wildman–Crippen LogP) is 0.735. The van der Waals surface area contributed by atoms with Crippen LogP contribution in [0.2, 0.25) is 0 Å². The molecule has 0 saturated carbocycles. The van der Waals surface area contributed by atoms with Crippen LogP contribution in [-0.4, -0.2) is 22.8 Å². The Morgan fingerprint density at radius 3 is 1.44 bits per heavy atom. The van der Waals surface area contributed by atoms with E-state index in [9.17, 15) is 0 Å². The van der Waals surface area contributed by atoms with Gasteiger partial charge in [-0.05, 0) is 18.4 Å². The predicted molar refractivity (Wildman–Crippen MR) is 33.1 cm³/mol. The third kappa shape index (κ3) is 735. The van der Waals surface area contributed by atoms with Crippen LogP contribution in [0.15, 0.2) is 0 Å². The molecule has 0 aromatic carbocycles. The van der Waals surface area contributed by atoms with Crippen LogP contribution in [0.3, 0.4) is 0 Å². The second kappa shape index (κ2) is 11.5. The summed E-state index contributed by atoms with van der Waals surface area (Å²) < 4.78 is 9.15. The Morgan fingerprint density at radius 2 is 1.44 bits per heavy atom. The van der Waals surface area contributed by atoms with Crippen molar-refractivity contribution in [2.24, 2.45) is 0 Å². The normalized spacial score (nSPS) is 8.89. The van der Waals surface area contributed by atoms with Gasteiger partial charge < -0.3 is 5.11 Å². The van der Waals surface area contributed by atoms with E-state index in [2.05, 4.69) is 0 Å². The van der Waals surface area contributed by atoms with E-state index >= 15 is 0 Å². The second-order valence-electron chi connectivity index (χ2n) is 1.56. The molecule has 0 radical (unpaired) electrons. The topological polar surface area (TPSA) is 57.5 Å². The van der Waals surface area contributed by atoms with E-state index in [1.54, 1.807) is 13.8 Å². The zero-order valence-electron chi connectivity index (χ0n) is 5.83. The Morgan fingerprint density at radius 1 is 1.44 bits per heavy atom. The van der Waals surface area contributed by atoms with E-state index in [1.165, 1.54) is 6.66 Å². The summed E-state index contributed by atoms with van der Waals surface area (Å²) in [5.41, 5.74) is 0. The molecule has 0 heterocycles. The van der Waals surface area contributed by atoms with Gasteiger partial charge in [0.05, 0.1) is 0 Å². The van der Waals surface area contributed by atoms with Gasteiger partial charge in [-0.1, -0.05) is 0 Å². The van der Waals surface area contributed by atoms with E-state index < -0.39 is 8.03 Å². The van der Waals surface area contributed by atoms with Crippen molar-refractivity contribution in [1.82, 2.24) is 0 Å². The molecule has 0 amide bonds. The number of rotatable bonds is 0. The number of aliphatic hydroxyl groups excluding tert-OH is 1. The van der Waals surface area contributed by atoms with Gasteiger partial charge in [-0.2, -0.15) is 4.89 Å². The minimum Gasteiger partial charge on any atom is -0.394 e.